The SMILES string of the molecule is CC(=O)Nc1ccc(NC(=O)CSc2nnc(C(C)Oc3ccc(F)cc3)n2-c2ccccc2)cc1C. The van der Waals surface area contributed by atoms with Gasteiger partial charge in [-0.1, -0.05) is 30.0 Å². The van der Waals surface area contributed by atoms with Crippen LogP contribution < -0.4 is 15.4 Å². The summed E-state index contributed by atoms with van der Waals surface area (Å²) in [5.41, 5.74) is 2.98. The van der Waals surface area contributed by atoms with E-state index in [0.717, 1.165) is 11.3 Å². The number of amides is 2. The third-order valence-corrected chi connectivity index (χ3v) is 6.25. The molecule has 10 heteroatoms. The van der Waals surface area contributed by atoms with Gasteiger partial charge in [-0.25, -0.2) is 4.39 Å². The summed E-state index contributed by atoms with van der Waals surface area (Å²) < 4.78 is 21.1. The van der Waals surface area contributed by atoms with Gasteiger partial charge in [-0.15, -0.1) is 10.2 Å². The maximum absolute atomic E-state index is 13.3. The normalized spacial score (nSPS) is 11.6. The zero-order valence-corrected chi connectivity index (χ0v) is 21.4. The van der Waals surface area contributed by atoms with Crippen LogP contribution in [0.1, 0.15) is 31.3 Å². The largest absolute Gasteiger partial charge is 0.483 e. The van der Waals surface area contributed by atoms with E-state index in [9.17, 15) is 14.0 Å². The standard InChI is InChI=1S/C27H26FN5O3S/c1-17-15-21(11-14-24(17)29-19(3)34)30-25(35)16-37-27-32-31-26(33(27)22-7-5-4-6-8-22)18(2)36-23-12-9-20(28)10-13-23/h4-15,18H,16H2,1-3H3,(H,29,34)(H,30,35). The molecule has 1 aromatic heterocycles. The highest BCUT2D eigenvalue weighted by molar-refractivity contribution is 7.99. The Balaban J connectivity index is 1.49. The first kappa shape index (κ1) is 25.9. The Morgan fingerprint density at radius 1 is 1.03 bits per heavy atom. The highest BCUT2D eigenvalue weighted by Gasteiger charge is 2.22. The summed E-state index contributed by atoms with van der Waals surface area (Å²) in [6.07, 6.45) is -0.494. The summed E-state index contributed by atoms with van der Waals surface area (Å²) in [5, 5.41) is 14.8. The Morgan fingerprint density at radius 3 is 2.43 bits per heavy atom. The number of nitrogens with zero attached hydrogens (tertiary/aromatic N) is 3. The van der Waals surface area contributed by atoms with E-state index >= 15 is 0 Å². The summed E-state index contributed by atoms with van der Waals surface area (Å²) in [7, 11) is 0. The minimum atomic E-state index is -0.494. The van der Waals surface area contributed by atoms with E-state index in [2.05, 4.69) is 20.8 Å². The third kappa shape index (κ3) is 6.73. The first-order valence-corrected chi connectivity index (χ1v) is 12.5. The van der Waals surface area contributed by atoms with E-state index < -0.39 is 6.10 Å². The number of aryl methyl sites for hydroxylation is 1. The molecule has 1 heterocycles. The molecule has 190 valence electrons. The Labute approximate surface area is 218 Å². The van der Waals surface area contributed by atoms with Crippen molar-refractivity contribution >= 4 is 35.0 Å². The molecule has 0 saturated heterocycles. The molecule has 2 N–H and O–H groups in total. The minimum absolute atomic E-state index is 0.102. The number of rotatable bonds is 9. The second kappa shape index (κ2) is 11.7. The van der Waals surface area contributed by atoms with Crippen LogP contribution in [-0.4, -0.2) is 32.3 Å². The van der Waals surface area contributed by atoms with E-state index in [1.165, 1.54) is 30.8 Å². The van der Waals surface area contributed by atoms with Crippen LogP contribution in [0.25, 0.3) is 5.69 Å². The Morgan fingerprint density at radius 2 is 1.76 bits per heavy atom. The van der Waals surface area contributed by atoms with Crippen LogP contribution in [0.4, 0.5) is 15.8 Å². The molecule has 0 aliphatic rings. The van der Waals surface area contributed by atoms with Gasteiger partial charge in [-0.3, -0.25) is 14.2 Å². The fourth-order valence-electron chi connectivity index (χ4n) is 3.63. The second-order valence-electron chi connectivity index (χ2n) is 8.27. The fourth-order valence-corrected chi connectivity index (χ4v) is 4.39. The fraction of sp³-hybridized carbons (Fsp3) is 0.185. The van der Waals surface area contributed by atoms with Crippen LogP contribution in [0.5, 0.6) is 5.75 Å². The number of carbonyl (C=O) groups is 2. The number of benzene rings is 3. The van der Waals surface area contributed by atoms with Crippen LogP contribution in [0, 0.1) is 12.7 Å². The lowest BCUT2D eigenvalue weighted by atomic mass is 10.1. The molecule has 37 heavy (non-hydrogen) atoms. The van der Waals surface area contributed by atoms with Crippen molar-refractivity contribution in [2.45, 2.75) is 32.0 Å². The van der Waals surface area contributed by atoms with Crippen LogP contribution in [-0.2, 0) is 9.59 Å². The summed E-state index contributed by atoms with van der Waals surface area (Å²) in [6.45, 7) is 5.14. The lowest BCUT2D eigenvalue weighted by Crippen LogP contribution is -2.15. The molecule has 0 aliphatic heterocycles. The molecular formula is C27H26FN5O3S. The zero-order valence-electron chi connectivity index (χ0n) is 20.6. The van der Waals surface area contributed by atoms with Crippen molar-refractivity contribution in [3.8, 4) is 11.4 Å². The summed E-state index contributed by atoms with van der Waals surface area (Å²) in [5.74, 6) is 0.438. The molecule has 0 radical (unpaired) electrons. The van der Waals surface area contributed by atoms with Gasteiger partial charge >= 0.3 is 0 Å². The molecule has 1 unspecified atom stereocenters. The molecular weight excluding hydrogens is 493 g/mol. The molecule has 1 atom stereocenters. The second-order valence-corrected chi connectivity index (χ2v) is 9.22. The average molecular weight is 520 g/mol. The Hall–Kier alpha value is -4.18. The van der Waals surface area contributed by atoms with Gasteiger partial charge in [0.25, 0.3) is 0 Å². The summed E-state index contributed by atoms with van der Waals surface area (Å²) >= 11 is 1.25. The number of halogens is 1. The van der Waals surface area contributed by atoms with E-state index in [0.29, 0.717) is 28.1 Å². The molecule has 0 fully saturated rings. The van der Waals surface area contributed by atoms with Gasteiger partial charge in [0.2, 0.25) is 11.8 Å². The van der Waals surface area contributed by atoms with Crippen molar-refractivity contribution in [3.63, 3.8) is 0 Å². The highest BCUT2D eigenvalue weighted by atomic mass is 32.2. The first-order chi connectivity index (χ1) is 17.8. The predicted molar refractivity (Wildman–Crippen MR) is 142 cm³/mol. The molecule has 0 saturated carbocycles. The van der Waals surface area contributed by atoms with Crippen molar-refractivity contribution in [3.05, 3.63) is 90.0 Å². The maximum atomic E-state index is 13.3. The van der Waals surface area contributed by atoms with Gasteiger partial charge in [0.15, 0.2) is 17.1 Å². The zero-order chi connectivity index (χ0) is 26.4. The quantitative estimate of drug-likeness (QED) is 0.282. The number of nitrogens with one attached hydrogen (secondary N) is 2. The predicted octanol–water partition coefficient (Wildman–Crippen LogP) is 5.54. The number of carbonyl (C=O) groups excluding carboxylic acids is 2. The van der Waals surface area contributed by atoms with Gasteiger partial charge in [0.05, 0.1) is 5.75 Å². The van der Waals surface area contributed by atoms with E-state index in [1.807, 2.05) is 48.7 Å². The number of para-hydroxylation sites is 1. The average Bonchev–Trinajstić information content (AvgIpc) is 3.30. The van der Waals surface area contributed by atoms with Gasteiger partial charge in [0, 0.05) is 24.0 Å². The van der Waals surface area contributed by atoms with E-state index in [4.69, 9.17) is 4.74 Å². The van der Waals surface area contributed by atoms with Crippen molar-refractivity contribution in [1.29, 1.82) is 0 Å². The number of thioether (sulfide) groups is 1. The van der Waals surface area contributed by atoms with Gasteiger partial charge in [-0.2, -0.15) is 0 Å². The lowest BCUT2D eigenvalue weighted by Gasteiger charge is -2.16. The molecule has 4 rings (SSSR count). The van der Waals surface area contributed by atoms with Gasteiger partial charge < -0.3 is 15.4 Å². The van der Waals surface area contributed by atoms with Gasteiger partial charge in [-0.05, 0) is 74.0 Å². The molecule has 0 bridgehead atoms. The number of ether oxygens (including phenoxy) is 1. The summed E-state index contributed by atoms with van der Waals surface area (Å²) in [4.78, 5) is 24.0. The maximum Gasteiger partial charge on any atom is 0.234 e. The van der Waals surface area contributed by atoms with Crippen LogP contribution in [0.3, 0.4) is 0 Å². The van der Waals surface area contributed by atoms with Crippen LogP contribution >= 0.6 is 11.8 Å². The van der Waals surface area contributed by atoms with E-state index in [-0.39, 0.29) is 23.4 Å². The topological polar surface area (TPSA) is 98.1 Å². The van der Waals surface area contributed by atoms with Crippen LogP contribution in [0.2, 0.25) is 0 Å². The number of aromatic nitrogens is 3. The van der Waals surface area contributed by atoms with Crippen molar-refractivity contribution in [2.24, 2.45) is 0 Å². The number of hydrogen-bond donors (Lipinski definition) is 2. The third-order valence-electron chi connectivity index (χ3n) is 5.32. The first-order valence-electron chi connectivity index (χ1n) is 11.5. The van der Waals surface area contributed by atoms with E-state index in [1.54, 1.807) is 30.3 Å². The molecule has 3 aromatic carbocycles. The smallest absolute Gasteiger partial charge is 0.234 e. The molecule has 8 nitrogen and oxygen atoms in total. The number of anilines is 2. The Kier molecular flexibility index (Phi) is 8.19. The molecule has 4 aromatic rings. The molecule has 0 spiro atoms. The molecule has 0 aliphatic carbocycles. The lowest BCUT2D eigenvalue weighted by molar-refractivity contribution is -0.114. The van der Waals surface area contributed by atoms with Gasteiger partial charge in [0.1, 0.15) is 11.6 Å². The minimum Gasteiger partial charge on any atom is -0.483 e. The van der Waals surface area contributed by atoms with Crippen molar-refractivity contribution in [2.75, 3.05) is 16.4 Å². The van der Waals surface area contributed by atoms with Crippen molar-refractivity contribution < 1.29 is 18.7 Å². The Bertz CT molecular complexity index is 1390. The summed E-state index contributed by atoms with van der Waals surface area (Å²) in [6, 6.07) is 20.6. The molecule has 2 amide bonds. The van der Waals surface area contributed by atoms with Crippen LogP contribution in [0.15, 0.2) is 78.0 Å². The van der Waals surface area contributed by atoms with Crippen molar-refractivity contribution in [1.82, 2.24) is 14.8 Å². The highest BCUT2D eigenvalue weighted by Crippen LogP contribution is 2.28. The monoisotopic (exact) mass is 519 g/mol. The number of hydrogen-bond acceptors (Lipinski definition) is 6.